The fourth-order valence-electron chi connectivity index (χ4n) is 7.16. The van der Waals surface area contributed by atoms with E-state index < -0.39 is 0 Å². The zero-order chi connectivity index (χ0) is 33.7. The van der Waals surface area contributed by atoms with Crippen molar-refractivity contribution in [1.82, 2.24) is 4.98 Å². The van der Waals surface area contributed by atoms with Crippen LogP contribution in [0.2, 0.25) is 0 Å². The summed E-state index contributed by atoms with van der Waals surface area (Å²) in [5.74, 6) is 0.605. The number of hydrogen-bond donors (Lipinski definition) is 0. The number of benzene rings is 8. The van der Waals surface area contributed by atoms with Crippen LogP contribution in [-0.4, -0.2) is 4.98 Å². The van der Waals surface area contributed by atoms with Crippen LogP contribution in [0.1, 0.15) is 0 Å². The smallest absolute Gasteiger partial charge is 0.227 e. The van der Waals surface area contributed by atoms with E-state index in [1.807, 2.05) is 42.5 Å². The van der Waals surface area contributed by atoms with Gasteiger partial charge >= 0.3 is 0 Å². The van der Waals surface area contributed by atoms with E-state index in [1.165, 1.54) is 21.9 Å². The fraction of sp³-hybridized carbons (Fsp3) is 0. The molecule has 0 amide bonds. The van der Waals surface area contributed by atoms with Crippen molar-refractivity contribution >= 4 is 60.9 Å². The molecular weight excluding hydrogens is 625 g/mol. The van der Waals surface area contributed by atoms with Crippen LogP contribution in [0.25, 0.3) is 77.5 Å². The number of anilines is 3. The van der Waals surface area contributed by atoms with Crippen LogP contribution in [0.3, 0.4) is 0 Å². The average molecular weight is 655 g/mol. The van der Waals surface area contributed by atoms with Crippen molar-refractivity contribution in [3.8, 4) is 33.7 Å². The predicted molar refractivity (Wildman–Crippen MR) is 210 cm³/mol. The molecule has 4 heteroatoms. The fourth-order valence-corrected chi connectivity index (χ4v) is 7.16. The zero-order valence-corrected chi connectivity index (χ0v) is 27.5. The molecule has 0 saturated carbocycles. The third kappa shape index (κ3) is 5.13. The van der Waals surface area contributed by atoms with Gasteiger partial charge in [0.2, 0.25) is 5.89 Å². The minimum Gasteiger partial charge on any atom is -0.456 e. The number of nitrogens with zero attached hydrogens (tertiary/aromatic N) is 2. The molecule has 2 aromatic heterocycles. The average Bonchev–Trinajstić information content (AvgIpc) is 3.81. The van der Waals surface area contributed by atoms with Crippen molar-refractivity contribution in [2.24, 2.45) is 0 Å². The lowest BCUT2D eigenvalue weighted by Crippen LogP contribution is -2.10. The van der Waals surface area contributed by atoms with Gasteiger partial charge in [-0.05, 0) is 106 Å². The summed E-state index contributed by atoms with van der Waals surface area (Å²) in [5.41, 5.74) is 11.9. The molecule has 8 aromatic carbocycles. The molecule has 0 atom stereocenters. The largest absolute Gasteiger partial charge is 0.456 e. The van der Waals surface area contributed by atoms with E-state index in [2.05, 4.69) is 144 Å². The third-order valence-corrected chi connectivity index (χ3v) is 9.68. The highest BCUT2D eigenvalue weighted by Gasteiger charge is 2.18. The van der Waals surface area contributed by atoms with E-state index in [0.29, 0.717) is 5.89 Å². The molecule has 10 rings (SSSR count). The van der Waals surface area contributed by atoms with Crippen LogP contribution >= 0.6 is 0 Å². The second-order valence-electron chi connectivity index (χ2n) is 12.8. The maximum Gasteiger partial charge on any atom is 0.227 e. The van der Waals surface area contributed by atoms with Gasteiger partial charge in [0.25, 0.3) is 0 Å². The van der Waals surface area contributed by atoms with Gasteiger partial charge in [0.05, 0.1) is 5.39 Å². The zero-order valence-electron chi connectivity index (χ0n) is 27.5. The van der Waals surface area contributed by atoms with Crippen molar-refractivity contribution in [2.75, 3.05) is 4.90 Å². The number of rotatable bonds is 6. The first-order chi connectivity index (χ1) is 25.2. The van der Waals surface area contributed by atoms with E-state index in [9.17, 15) is 0 Å². The van der Waals surface area contributed by atoms with Gasteiger partial charge in [-0.15, -0.1) is 0 Å². The maximum atomic E-state index is 6.41. The van der Waals surface area contributed by atoms with Gasteiger partial charge < -0.3 is 13.7 Å². The Labute approximate surface area is 294 Å². The second kappa shape index (κ2) is 11.9. The topological polar surface area (TPSA) is 42.4 Å². The number of furan rings is 1. The van der Waals surface area contributed by atoms with Gasteiger partial charge in [-0.25, -0.2) is 4.98 Å². The van der Waals surface area contributed by atoms with Crippen LogP contribution in [-0.2, 0) is 0 Å². The third-order valence-electron chi connectivity index (χ3n) is 9.68. The minimum absolute atomic E-state index is 0.605. The molecule has 0 aliphatic rings. The lowest BCUT2D eigenvalue weighted by Gasteiger charge is -2.26. The Morgan fingerprint density at radius 1 is 0.373 bits per heavy atom. The molecule has 10 aromatic rings. The van der Waals surface area contributed by atoms with Gasteiger partial charge in [0, 0.05) is 28.0 Å². The summed E-state index contributed by atoms with van der Waals surface area (Å²) in [6.45, 7) is 0. The molecule has 0 aliphatic carbocycles. The molecule has 0 bridgehead atoms. The highest BCUT2D eigenvalue weighted by molar-refractivity contribution is 6.17. The standard InChI is InChI=1S/C47H30N2O2/c1-3-10-31(11-4-1)36-16-9-17-39(28-36)49(40-24-20-32-12-7-8-15-35(32)29-40)38-22-18-33(19-23-38)37-21-25-41-44(30-37)50-42-26-27-43-46(45(41)42)48-47(51-43)34-13-5-2-6-14-34/h1-30H. The molecule has 240 valence electrons. The molecule has 51 heavy (non-hydrogen) atoms. The minimum atomic E-state index is 0.605. The van der Waals surface area contributed by atoms with E-state index in [0.717, 1.165) is 66.8 Å². The van der Waals surface area contributed by atoms with Crippen LogP contribution in [0, 0.1) is 0 Å². The Hall–Kier alpha value is -6.91. The van der Waals surface area contributed by atoms with Crippen molar-refractivity contribution in [3.63, 3.8) is 0 Å². The Bertz CT molecular complexity index is 2850. The van der Waals surface area contributed by atoms with Gasteiger partial charge in [-0.2, -0.15) is 0 Å². The van der Waals surface area contributed by atoms with E-state index in [4.69, 9.17) is 13.8 Å². The molecule has 0 saturated heterocycles. The van der Waals surface area contributed by atoms with Gasteiger partial charge in [-0.3, -0.25) is 0 Å². The summed E-state index contributed by atoms with van der Waals surface area (Å²) < 4.78 is 12.6. The molecule has 0 radical (unpaired) electrons. The van der Waals surface area contributed by atoms with E-state index in [-0.39, 0.29) is 0 Å². The maximum absolute atomic E-state index is 6.41. The SMILES string of the molecule is c1ccc(-c2cccc(N(c3ccc(-c4ccc5c(c4)oc4ccc6oc(-c7ccccc7)nc6c45)cc3)c3ccc4ccccc4c3)c2)cc1. The monoisotopic (exact) mass is 654 g/mol. The number of fused-ring (bicyclic) bond motifs is 6. The van der Waals surface area contributed by atoms with Crippen molar-refractivity contribution in [1.29, 1.82) is 0 Å². The quantitative estimate of drug-likeness (QED) is 0.179. The van der Waals surface area contributed by atoms with E-state index >= 15 is 0 Å². The van der Waals surface area contributed by atoms with Crippen LogP contribution in [0.4, 0.5) is 17.1 Å². The Morgan fingerprint density at radius 3 is 1.82 bits per heavy atom. The first kappa shape index (κ1) is 29.0. The summed E-state index contributed by atoms with van der Waals surface area (Å²) in [6.07, 6.45) is 0. The number of hydrogen-bond acceptors (Lipinski definition) is 4. The predicted octanol–water partition coefficient (Wildman–Crippen LogP) is 13.4. The summed E-state index contributed by atoms with van der Waals surface area (Å²) in [7, 11) is 0. The molecule has 2 heterocycles. The van der Waals surface area contributed by atoms with Gasteiger partial charge in [0.1, 0.15) is 16.7 Å². The molecular formula is C47H30N2O2. The Morgan fingerprint density at radius 2 is 1.00 bits per heavy atom. The summed E-state index contributed by atoms with van der Waals surface area (Å²) in [5, 5.41) is 4.41. The first-order valence-electron chi connectivity index (χ1n) is 17.1. The molecule has 0 N–H and O–H groups in total. The van der Waals surface area contributed by atoms with Crippen molar-refractivity contribution in [3.05, 3.63) is 182 Å². The lowest BCUT2D eigenvalue weighted by molar-refractivity contribution is 0.619. The molecule has 4 nitrogen and oxygen atoms in total. The summed E-state index contributed by atoms with van der Waals surface area (Å²) in [6, 6.07) is 63.6. The summed E-state index contributed by atoms with van der Waals surface area (Å²) in [4.78, 5) is 7.23. The van der Waals surface area contributed by atoms with E-state index in [1.54, 1.807) is 0 Å². The summed E-state index contributed by atoms with van der Waals surface area (Å²) >= 11 is 0. The second-order valence-corrected chi connectivity index (χ2v) is 12.8. The highest BCUT2D eigenvalue weighted by Crippen LogP contribution is 2.40. The molecule has 0 aliphatic heterocycles. The molecule has 0 spiro atoms. The van der Waals surface area contributed by atoms with Gasteiger partial charge in [0.15, 0.2) is 5.58 Å². The molecule has 0 unspecified atom stereocenters. The lowest BCUT2D eigenvalue weighted by atomic mass is 10.0. The number of aromatic nitrogens is 1. The molecule has 0 fully saturated rings. The Kier molecular flexibility index (Phi) is 6.78. The Balaban J connectivity index is 1.04. The number of oxazole rings is 1. The van der Waals surface area contributed by atoms with Crippen LogP contribution in [0.5, 0.6) is 0 Å². The van der Waals surface area contributed by atoms with Gasteiger partial charge in [-0.1, -0.05) is 109 Å². The van der Waals surface area contributed by atoms with Crippen molar-refractivity contribution in [2.45, 2.75) is 0 Å². The normalized spacial score (nSPS) is 11.5. The first-order valence-corrected chi connectivity index (χ1v) is 17.1. The highest BCUT2D eigenvalue weighted by atomic mass is 16.4. The van der Waals surface area contributed by atoms with Crippen LogP contribution < -0.4 is 4.90 Å². The van der Waals surface area contributed by atoms with Crippen LogP contribution in [0.15, 0.2) is 191 Å². The van der Waals surface area contributed by atoms with Crippen molar-refractivity contribution < 1.29 is 8.83 Å².